The molecule has 36 heavy (non-hydrogen) atoms. The first-order valence-electron chi connectivity index (χ1n) is 12.6. The maximum atomic E-state index is 14.6. The number of nitrogens with one attached hydrogen (secondary N) is 1. The van der Waals surface area contributed by atoms with Crippen LogP contribution in [0.4, 0.5) is 4.39 Å². The summed E-state index contributed by atoms with van der Waals surface area (Å²) in [5.74, 6) is -0.0861. The fraction of sp³-hybridized carbons (Fsp3) is 0.333. The molecule has 1 N–H and O–H groups in total. The van der Waals surface area contributed by atoms with Crippen LogP contribution in [0.25, 0.3) is 0 Å². The topological polar surface area (TPSA) is 58.6 Å². The van der Waals surface area contributed by atoms with E-state index >= 15 is 0 Å². The van der Waals surface area contributed by atoms with Crippen molar-refractivity contribution >= 4 is 11.8 Å². The van der Waals surface area contributed by atoms with E-state index in [1.807, 2.05) is 60.7 Å². The summed E-state index contributed by atoms with van der Waals surface area (Å²) in [7, 11) is 0. The number of benzene rings is 3. The molecule has 0 aliphatic rings. The minimum atomic E-state index is -0.758. The summed E-state index contributed by atoms with van der Waals surface area (Å²) >= 11 is 0. The van der Waals surface area contributed by atoms with Gasteiger partial charge in [0.05, 0.1) is 6.61 Å². The highest BCUT2D eigenvalue weighted by molar-refractivity contribution is 5.88. The number of unbranched alkanes of at least 4 members (excludes halogenated alkanes) is 1. The minimum absolute atomic E-state index is 0.0176. The van der Waals surface area contributed by atoms with Crippen molar-refractivity contribution in [2.45, 2.75) is 51.6 Å². The van der Waals surface area contributed by atoms with Crippen molar-refractivity contribution in [1.82, 2.24) is 10.2 Å². The molecule has 2 amide bonds. The zero-order valence-electron chi connectivity index (χ0n) is 20.9. The van der Waals surface area contributed by atoms with Crippen LogP contribution in [0, 0.1) is 5.82 Å². The molecule has 0 radical (unpaired) electrons. The second-order valence-corrected chi connectivity index (χ2v) is 8.73. The molecule has 3 aromatic rings. The first kappa shape index (κ1) is 26.9. The lowest BCUT2D eigenvalue weighted by atomic mass is 10.0. The van der Waals surface area contributed by atoms with E-state index in [0.717, 1.165) is 24.2 Å². The molecule has 0 saturated heterocycles. The van der Waals surface area contributed by atoms with Crippen molar-refractivity contribution in [2.75, 3.05) is 13.2 Å². The number of amides is 2. The van der Waals surface area contributed by atoms with Crippen molar-refractivity contribution in [2.24, 2.45) is 0 Å². The summed E-state index contributed by atoms with van der Waals surface area (Å²) < 4.78 is 20.3. The number of hydrogen-bond acceptors (Lipinski definition) is 3. The largest absolute Gasteiger partial charge is 0.494 e. The van der Waals surface area contributed by atoms with Gasteiger partial charge in [0.2, 0.25) is 11.8 Å². The summed E-state index contributed by atoms with van der Waals surface area (Å²) in [5, 5.41) is 2.98. The van der Waals surface area contributed by atoms with E-state index < -0.39 is 11.9 Å². The molecule has 0 heterocycles. The van der Waals surface area contributed by atoms with E-state index in [0.29, 0.717) is 31.6 Å². The van der Waals surface area contributed by atoms with Crippen molar-refractivity contribution in [1.29, 1.82) is 0 Å². The van der Waals surface area contributed by atoms with Gasteiger partial charge in [-0.3, -0.25) is 9.59 Å². The van der Waals surface area contributed by atoms with Gasteiger partial charge in [0.1, 0.15) is 17.6 Å². The minimum Gasteiger partial charge on any atom is -0.494 e. The highest BCUT2D eigenvalue weighted by Crippen LogP contribution is 2.18. The second-order valence-electron chi connectivity index (χ2n) is 8.73. The average Bonchev–Trinajstić information content (AvgIpc) is 2.91. The predicted molar refractivity (Wildman–Crippen MR) is 140 cm³/mol. The quantitative estimate of drug-likeness (QED) is 0.302. The van der Waals surface area contributed by atoms with E-state index in [2.05, 4.69) is 12.2 Å². The Balaban J connectivity index is 1.79. The van der Waals surface area contributed by atoms with E-state index in [1.165, 1.54) is 11.0 Å². The van der Waals surface area contributed by atoms with Crippen molar-refractivity contribution in [3.8, 4) is 5.75 Å². The summed E-state index contributed by atoms with van der Waals surface area (Å²) in [6.07, 6.45) is 2.82. The molecule has 0 aromatic heterocycles. The van der Waals surface area contributed by atoms with Crippen LogP contribution in [0.1, 0.15) is 43.7 Å². The molecule has 5 nitrogen and oxygen atoms in total. The Morgan fingerprint density at radius 1 is 0.917 bits per heavy atom. The SMILES string of the molecule is CCCCNC(=O)[C@@H](Cc1ccccc1)N(Cc1ccccc1F)C(=O)CCCOc1ccccc1. The molecule has 0 aliphatic carbocycles. The Labute approximate surface area is 213 Å². The molecule has 3 rings (SSSR count). The highest BCUT2D eigenvalue weighted by atomic mass is 19.1. The predicted octanol–water partition coefficient (Wildman–Crippen LogP) is 5.54. The summed E-state index contributed by atoms with van der Waals surface area (Å²) in [4.78, 5) is 28.4. The van der Waals surface area contributed by atoms with Gasteiger partial charge >= 0.3 is 0 Å². The molecule has 0 bridgehead atoms. The van der Waals surface area contributed by atoms with Gasteiger partial charge in [0.15, 0.2) is 0 Å². The standard InChI is InChI=1S/C30H35FN2O3/c1-2-3-20-32-30(35)28(22-24-13-6-4-7-14-24)33(23-25-15-10-11-18-27(25)31)29(34)19-12-21-36-26-16-8-5-9-17-26/h4-11,13-18,28H,2-3,12,19-23H2,1H3,(H,32,35)/t28-/m1/s1. The van der Waals surface area contributed by atoms with Gasteiger partial charge < -0.3 is 15.0 Å². The highest BCUT2D eigenvalue weighted by Gasteiger charge is 2.30. The lowest BCUT2D eigenvalue weighted by Gasteiger charge is -2.32. The number of ether oxygens (including phenoxy) is 1. The molecule has 0 spiro atoms. The number of nitrogens with zero attached hydrogens (tertiary/aromatic N) is 1. The Bertz CT molecular complexity index is 1080. The van der Waals surface area contributed by atoms with Crippen LogP contribution in [0.15, 0.2) is 84.9 Å². The van der Waals surface area contributed by atoms with Gasteiger partial charge in [-0.1, -0.05) is 80.1 Å². The van der Waals surface area contributed by atoms with Crippen molar-refractivity contribution in [3.05, 3.63) is 102 Å². The number of para-hydroxylation sites is 1. The average molecular weight is 491 g/mol. The van der Waals surface area contributed by atoms with Gasteiger partial charge in [-0.25, -0.2) is 4.39 Å². The Hall–Kier alpha value is -3.67. The fourth-order valence-corrected chi connectivity index (χ4v) is 3.94. The molecular formula is C30H35FN2O3. The monoisotopic (exact) mass is 490 g/mol. The first-order chi connectivity index (χ1) is 17.6. The van der Waals surface area contributed by atoms with Crippen LogP contribution < -0.4 is 10.1 Å². The number of hydrogen-bond donors (Lipinski definition) is 1. The maximum absolute atomic E-state index is 14.6. The molecule has 190 valence electrons. The molecule has 1 atom stereocenters. The Morgan fingerprint density at radius 2 is 1.58 bits per heavy atom. The summed E-state index contributed by atoms with van der Waals surface area (Å²) in [6, 6.07) is 24.6. The first-order valence-corrected chi connectivity index (χ1v) is 12.6. The van der Waals surface area contributed by atoms with Gasteiger partial charge in [0, 0.05) is 31.5 Å². The van der Waals surface area contributed by atoms with Crippen molar-refractivity contribution in [3.63, 3.8) is 0 Å². The van der Waals surface area contributed by atoms with E-state index in [1.54, 1.807) is 18.2 Å². The molecular weight excluding hydrogens is 455 g/mol. The zero-order chi connectivity index (χ0) is 25.6. The van der Waals surface area contributed by atoms with Crippen molar-refractivity contribution < 1.29 is 18.7 Å². The van der Waals surface area contributed by atoms with Gasteiger partial charge in [-0.2, -0.15) is 0 Å². The number of carbonyl (C=O) groups excluding carboxylic acids is 2. The van der Waals surface area contributed by atoms with E-state index in [4.69, 9.17) is 4.74 Å². The van der Waals surface area contributed by atoms with Crippen LogP contribution in [0.5, 0.6) is 5.75 Å². The second kappa shape index (κ2) is 14.7. The van der Waals surface area contributed by atoms with Crippen LogP contribution in [-0.2, 0) is 22.6 Å². The molecule has 0 aliphatic heterocycles. The van der Waals surface area contributed by atoms with Crippen LogP contribution in [-0.4, -0.2) is 35.9 Å². The lowest BCUT2D eigenvalue weighted by Crippen LogP contribution is -2.50. The van der Waals surface area contributed by atoms with Gasteiger partial charge in [-0.15, -0.1) is 0 Å². The summed E-state index contributed by atoms with van der Waals surface area (Å²) in [5.41, 5.74) is 1.32. The molecule has 3 aromatic carbocycles. The third-order valence-corrected chi connectivity index (χ3v) is 5.95. The maximum Gasteiger partial charge on any atom is 0.243 e. The number of halogens is 1. The van der Waals surface area contributed by atoms with Crippen LogP contribution >= 0.6 is 0 Å². The number of rotatable bonds is 14. The third-order valence-electron chi connectivity index (χ3n) is 5.95. The Kier molecular flexibility index (Phi) is 11.0. The normalized spacial score (nSPS) is 11.5. The van der Waals surface area contributed by atoms with E-state index in [-0.39, 0.29) is 24.8 Å². The van der Waals surface area contributed by atoms with Crippen LogP contribution in [0.3, 0.4) is 0 Å². The molecule has 0 saturated carbocycles. The van der Waals surface area contributed by atoms with E-state index in [9.17, 15) is 14.0 Å². The fourth-order valence-electron chi connectivity index (χ4n) is 3.94. The lowest BCUT2D eigenvalue weighted by molar-refractivity contribution is -0.141. The summed E-state index contributed by atoms with van der Waals surface area (Å²) in [6.45, 7) is 2.98. The molecule has 0 unspecified atom stereocenters. The molecule has 0 fully saturated rings. The third kappa shape index (κ3) is 8.52. The van der Waals surface area contributed by atoms with Gasteiger partial charge in [0.25, 0.3) is 0 Å². The number of carbonyl (C=O) groups is 2. The van der Waals surface area contributed by atoms with Gasteiger partial charge in [-0.05, 0) is 36.6 Å². The zero-order valence-corrected chi connectivity index (χ0v) is 20.9. The molecule has 6 heteroatoms. The van der Waals surface area contributed by atoms with Crippen LogP contribution in [0.2, 0.25) is 0 Å². The Morgan fingerprint density at radius 3 is 2.28 bits per heavy atom. The smallest absolute Gasteiger partial charge is 0.243 e.